The minimum Gasteiger partial charge on any atom is -0.461 e. The molecule has 0 radical (unpaired) electrons. The number of aromatic nitrogens is 3. The van der Waals surface area contributed by atoms with Crippen LogP contribution in [0.1, 0.15) is 5.56 Å². The maximum absolute atomic E-state index is 5.97. The van der Waals surface area contributed by atoms with Gasteiger partial charge in [0.1, 0.15) is 0 Å². The van der Waals surface area contributed by atoms with E-state index in [1.54, 1.807) is 18.0 Å². The molecule has 0 aliphatic rings. The third-order valence-corrected chi connectivity index (χ3v) is 4.16. The summed E-state index contributed by atoms with van der Waals surface area (Å²) in [5.74, 6) is 2.24. The van der Waals surface area contributed by atoms with E-state index in [0.29, 0.717) is 0 Å². The molecule has 2 heterocycles. The van der Waals surface area contributed by atoms with Crippen molar-refractivity contribution in [2.75, 3.05) is 0 Å². The lowest BCUT2D eigenvalue weighted by Gasteiger charge is -2.03. The number of hydrogen-bond donors (Lipinski definition) is 0. The van der Waals surface area contributed by atoms with Crippen LogP contribution in [0.25, 0.3) is 11.6 Å². The first-order valence-electron chi connectivity index (χ1n) is 6.04. The number of furan rings is 1. The maximum atomic E-state index is 5.97. The van der Waals surface area contributed by atoms with Crippen molar-refractivity contribution in [2.45, 2.75) is 10.9 Å². The number of halogens is 1. The van der Waals surface area contributed by atoms with Crippen molar-refractivity contribution in [3.05, 3.63) is 53.2 Å². The van der Waals surface area contributed by atoms with Gasteiger partial charge in [0.05, 0.1) is 6.26 Å². The Labute approximate surface area is 125 Å². The standard InChI is InChI=1S/C14H12ClN3OS/c1-18-13(12-6-3-7-19-12)16-17-14(18)20-9-10-4-2-5-11(15)8-10/h2-8H,9H2,1H3. The van der Waals surface area contributed by atoms with E-state index >= 15 is 0 Å². The summed E-state index contributed by atoms with van der Waals surface area (Å²) in [5.41, 5.74) is 1.16. The lowest BCUT2D eigenvalue weighted by atomic mass is 10.2. The molecule has 0 atom stereocenters. The third kappa shape index (κ3) is 2.73. The van der Waals surface area contributed by atoms with Crippen LogP contribution in [-0.2, 0) is 12.8 Å². The van der Waals surface area contributed by atoms with Gasteiger partial charge in [0.15, 0.2) is 16.7 Å². The summed E-state index contributed by atoms with van der Waals surface area (Å²) in [4.78, 5) is 0. The van der Waals surface area contributed by atoms with Gasteiger partial charge in [0.2, 0.25) is 0 Å². The highest BCUT2D eigenvalue weighted by Gasteiger charge is 2.13. The Hall–Kier alpha value is -1.72. The Morgan fingerprint density at radius 1 is 1.25 bits per heavy atom. The zero-order valence-electron chi connectivity index (χ0n) is 10.8. The van der Waals surface area contributed by atoms with Crippen LogP contribution < -0.4 is 0 Å². The van der Waals surface area contributed by atoms with Gasteiger partial charge in [-0.2, -0.15) is 0 Å². The maximum Gasteiger partial charge on any atom is 0.200 e. The molecule has 0 amide bonds. The molecule has 0 spiro atoms. The van der Waals surface area contributed by atoms with E-state index in [1.165, 1.54) is 0 Å². The van der Waals surface area contributed by atoms with Crippen molar-refractivity contribution in [1.29, 1.82) is 0 Å². The predicted molar refractivity (Wildman–Crippen MR) is 79.7 cm³/mol. The molecule has 102 valence electrons. The van der Waals surface area contributed by atoms with Crippen molar-refractivity contribution in [3.8, 4) is 11.6 Å². The Kier molecular flexibility index (Phi) is 3.80. The molecule has 0 saturated heterocycles. The van der Waals surface area contributed by atoms with Gasteiger partial charge in [-0.05, 0) is 29.8 Å². The topological polar surface area (TPSA) is 43.9 Å². The van der Waals surface area contributed by atoms with Gasteiger partial charge in [-0.3, -0.25) is 0 Å². The zero-order valence-corrected chi connectivity index (χ0v) is 12.4. The van der Waals surface area contributed by atoms with Crippen molar-refractivity contribution >= 4 is 23.4 Å². The average molecular weight is 306 g/mol. The molecule has 20 heavy (non-hydrogen) atoms. The zero-order chi connectivity index (χ0) is 13.9. The predicted octanol–water partition coefficient (Wildman–Crippen LogP) is 4.02. The van der Waals surface area contributed by atoms with Crippen molar-refractivity contribution in [3.63, 3.8) is 0 Å². The summed E-state index contributed by atoms with van der Waals surface area (Å²) in [6.07, 6.45) is 1.63. The second-order valence-electron chi connectivity index (χ2n) is 4.26. The molecule has 0 unspecified atom stereocenters. The molecule has 0 saturated carbocycles. The minimum absolute atomic E-state index is 0.717. The monoisotopic (exact) mass is 305 g/mol. The molecule has 6 heteroatoms. The minimum atomic E-state index is 0.717. The fraction of sp³-hybridized carbons (Fsp3) is 0.143. The molecule has 0 fully saturated rings. The van der Waals surface area contributed by atoms with Crippen LogP contribution in [0.4, 0.5) is 0 Å². The summed E-state index contributed by atoms with van der Waals surface area (Å²) in [7, 11) is 1.93. The fourth-order valence-corrected chi connectivity index (χ4v) is 2.90. The van der Waals surface area contributed by atoms with Crippen molar-refractivity contribution in [1.82, 2.24) is 14.8 Å². The molecule has 3 rings (SSSR count). The van der Waals surface area contributed by atoms with Crippen molar-refractivity contribution < 1.29 is 4.42 Å². The van der Waals surface area contributed by atoms with Gasteiger partial charge in [0, 0.05) is 17.8 Å². The molecule has 1 aromatic carbocycles. The van der Waals surface area contributed by atoms with Gasteiger partial charge in [-0.15, -0.1) is 10.2 Å². The molecule has 0 aliphatic heterocycles. The Bertz CT molecular complexity index is 709. The van der Waals surface area contributed by atoms with E-state index in [-0.39, 0.29) is 0 Å². The quantitative estimate of drug-likeness (QED) is 0.683. The summed E-state index contributed by atoms with van der Waals surface area (Å²) < 4.78 is 7.27. The van der Waals surface area contributed by atoms with Crippen LogP contribution in [-0.4, -0.2) is 14.8 Å². The Morgan fingerprint density at radius 2 is 2.15 bits per heavy atom. The molecule has 4 nitrogen and oxygen atoms in total. The molecule has 0 aliphatic carbocycles. The molecular weight excluding hydrogens is 294 g/mol. The summed E-state index contributed by atoms with van der Waals surface area (Å²) in [5, 5.41) is 9.94. The first-order chi connectivity index (χ1) is 9.74. The number of rotatable bonds is 4. The van der Waals surface area contributed by atoms with Crippen LogP contribution in [0, 0.1) is 0 Å². The highest BCUT2D eigenvalue weighted by atomic mass is 35.5. The van der Waals surface area contributed by atoms with E-state index in [9.17, 15) is 0 Å². The number of thioether (sulfide) groups is 1. The number of hydrogen-bond acceptors (Lipinski definition) is 4. The van der Waals surface area contributed by atoms with E-state index in [0.717, 1.165) is 33.1 Å². The molecular formula is C14H12ClN3OS. The van der Waals surface area contributed by atoms with Crippen LogP contribution >= 0.6 is 23.4 Å². The molecule has 2 aromatic heterocycles. The van der Waals surface area contributed by atoms with Gasteiger partial charge in [-0.1, -0.05) is 35.5 Å². The third-order valence-electron chi connectivity index (χ3n) is 2.83. The summed E-state index contributed by atoms with van der Waals surface area (Å²) in [6.45, 7) is 0. The van der Waals surface area contributed by atoms with Crippen LogP contribution in [0.2, 0.25) is 5.02 Å². The largest absolute Gasteiger partial charge is 0.461 e. The molecule has 3 aromatic rings. The second kappa shape index (κ2) is 5.73. The van der Waals surface area contributed by atoms with Crippen LogP contribution in [0.3, 0.4) is 0 Å². The average Bonchev–Trinajstić information content (AvgIpc) is 3.06. The normalized spacial score (nSPS) is 10.9. The van der Waals surface area contributed by atoms with Crippen molar-refractivity contribution in [2.24, 2.45) is 7.05 Å². The van der Waals surface area contributed by atoms with Crippen LogP contribution in [0.5, 0.6) is 0 Å². The highest BCUT2D eigenvalue weighted by molar-refractivity contribution is 7.98. The van der Waals surface area contributed by atoms with E-state index in [1.807, 2.05) is 48.0 Å². The van der Waals surface area contributed by atoms with E-state index in [4.69, 9.17) is 16.0 Å². The fourth-order valence-electron chi connectivity index (χ4n) is 1.84. The van der Waals surface area contributed by atoms with Gasteiger partial charge >= 0.3 is 0 Å². The van der Waals surface area contributed by atoms with Crippen LogP contribution in [0.15, 0.2) is 52.2 Å². The van der Waals surface area contributed by atoms with Gasteiger partial charge < -0.3 is 8.98 Å². The number of benzene rings is 1. The summed E-state index contributed by atoms with van der Waals surface area (Å²) >= 11 is 7.59. The lowest BCUT2D eigenvalue weighted by molar-refractivity contribution is 0.572. The Balaban J connectivity index is 1.76. The smallest absolute Gasteiger partial charge is 0.200 e. The second-order valence-corrected chi connectivity index (χ2v) is 5.64. The lowest BCUT2D eigenvalue weighted by Crippen LogP contribution is -1.94. The Morgan fingerprint density at radius 3 is 2.90 bits per heavy atom. The first kappa shape index (κ1) is 13.3. The van der Waals surface area contributed by atoms with Gasteiger partial charge in [-0.25, -0.2) is 0 Å². The summed E-state index contributed by atoms with van der Waals surface area (Å²) in [6, 6.07) is 11.5. The van der Waals surface area contributed by atoms with Gasteiger partial charge in [0.25, 0.3) is 0 Å². The first-order valence-corrected chi connectivity index (χ1v) is 7.41. The number of nitrogens with zero attached hydrogens (tertiary/aromatic N) is 3. The highest BCUT2D eigenvalue weighted by Crippen LogP contribution is 2.26. The van der Waals surface area contributed by atoms with E-state index < -0.39 is 0 Å². The SMILES string of the molecule is Cn1c(SCc2cccc(Cl)c2)nnc1-c1ccco1. The molecule has 0 N–H and O–H groups in total. The molecule has 0 bridgehead atoms. The van der Waals surface area contributed by atoms with E-state index in [2.05, 4.69) is 10.2 Å².